The maximum Gasteiger partial charge on any atom is 0.244 e. The van der Waals surface area contributed by atoms with Crippen molar-refractivity contribution in [1.82, 2.24) is 14.9 Å². The van der Waals surface area contributed by atoms with Crippen LogP contribution in [0.1, 0.15) is 11.1 Å². The lowest BCUT2D eigenvalue weighted by Crippen LogP contribution is -2.28. The largest absolute Gasteiger partial charge is 0.495 e. The Morgan fingerprint density at radius 2 is 1.70 bits per heavy atom. The standard InChI is InChI=1S/C21H22FN3O4S/c1-14-12-19(28-3)20(13-15(14)2)30(26,27)23-10-11-29-21-9-8-18(24-25-21)16-4-6-17(22)7-5-16/h4-9,12-13,23H,10-11H2,1-3H3. The third-order valence-corrected chi connectivity index (χ3v) is 5.98. The van der Waals surface area contributed by atoms with Gasteiger partial charge in [-0.15, -0.1) is 10.2 Å². The summed E-state index contributed by atoms with van der Waals surface area (Å²) in [6.07, 6.45) is 0. The van der Waals surface area contributed by atoms with Gasteiger partial charge < -0.3 is 9.47 Å². The average Bonchev–Trinajstić information content (AvgIpc) is 2.74. The lowest BCUT2D eigenvalue weighted by molar-refractivity contribution is 0.307. The van der Waals surface area contributed by atoms with Crippen molar-refractivity contribution < 1.29 is 22.3 Å². The molecule has 9 heteroatoms. The highest BCUT2D eigenvalue weighted by Gasteiger charge is 2.20. The molecule has 3 aromatic rings. The van der Waals surface area contributed by atoms with Gasteiger partial charge in [-0.25, -0.2) is 17.5 Å². The van der Waals surface area contributed by atoms with Crippen molar-refractivity contribution in [1.29, 1.82) is 0 Å². The number of halogens is 1. The number of aromatic nitrogens is 2. The van der Waals surface area contributed by atoms with Crippen molar-refractivity contribution >= 4 is 10.0 Å². The van der Waals surface area contributed by atoms with Gasteiger partial charge >= 0.3 is 0 Å². The Kier molecular flexibility index (Phi) is 6.63. The summed E-state index contributed by atoms with van der Waals surface area (Å²) in [7, 11) is -2.33. The van der Waals surface area contributed by atoms with Gasteiger partial charge in [-0.1, -0.05) is 0 Å². The molecule has 2 aromatic carbocycles. The first-order valence-corrected chi connectivity index (χ1v) is 10.7. The lowest BCUT2D eigenvalue weighted by Gasteiger charge is -2.13. The zero-order chi connectivity index (χ0) is 21.7. The summed E-state index contributed by atoms with van der Waals surface area (Å²) in [4.78, 5) is 0.0801. The smallest absolute Gasteiger partial charge is 0.244 e. The van der Waals surface area contributed by atoms with Crippen LogP contribution in [0.4, 0.5) is 4.39 Å². The van der Waals surface area contributed by atoms with Crippen molar-refractivity contribution in [3.63, 3.8) is 0 Å². The number of nitrogens with zero attached hydrogens (tertiary/aromatic N) is 2. The molecule has 1 heterocycles. The SMILES string of the molecule is COc1cc(C)c(C)cc1S(=O)(=O)NCCOc1ccc(-c2ccc(F)cc2)nn1. The first kappa shape index (κ1) is 21.7. The van der Waals surface area contributed by atoms with E-state index in [2.05, 4.69) is 14.9 Å². The summed E-state index contributed by atoms with van der Waals surface area (Å²) in [5.41, 5.74) is 3.09. The van der Waals surface area contributed by atoms with E-state index in [1.807, 2.05) is 13.8 Å². The molecule has 0 unspecified atom stereocenters. The molecule has 1 aromatic heterocycles. The second-order valence-electron chi connectivity index (χ2n) is 6.60. The van der Waals surface area contributed by atoms with E-state index in [1.165, 1.54) is 19.2 Å². The maximum atomic E-state index is 13.0. The van der Waals surface area contributed by atoms with Crippen LogP contribution < -0.4 is 14.2 Å². The highest BCUT2D eigenvalue weighted by molar-refractivity contribution is 7.89. The third kappa shape index (κ3) is 5.11. The summed E-state index contributed by atoms with van der Waals surface area (Å²) in [6.45, 7) is 3.83. The van der Waals surface area contributed by atoms with Gasteiger partial charge in [0.15, 0.2) is 0 Å². The summed E-state index contributed by atoms with van der Waals surface area (Å²) in [5, 5.41) is 8.00. The van der Waals surface area contributed by atoms with Crippen LogP contribution in [-0.4, -0.2) is 38.9 Å². The molecule has 0 saturated heterocycles. The molecule has 0 radical (unpaired) electrons. The minimum absolute atomic E-state index is 0.0415. The predicted octanol–water partition coefficient (Wildman–Crippen LogP) is 3.27. The van der Waals surface area contributed by atoms with Crippen LogP contribution in [0.15, 0.2) is 53.4 Å². The molecule has 0 saturated carbocycles. The number of methoxy groups -OCH3 is 1. The average molecular weight is 431 g/mol. The molecule has 1 N–H and O–H groups in total. The minimum Gasteiger partial charge on any atom is -0.495 e. The second kappa shape index (κ2) is 9.19. The minimum atomic E-state index is -3.76. The van der Waals surface area contributed by atoms with E-state index >= 15 is 0 Å². The molecule has 0 bridgehead atoms. The summed E-state index contributed by atoms with van der Waals surface area (Å²) < 4.78 is 51.4. The number of hydrogen-bond donors (Lipinski definition) is 1. The number of ether oxygens (including phenoxy) is 2. The zero-order valence-electron chi connectivity index (χ0n) is 16.8. The number of sulfonamides is 1. The predicted molar refractivity (Wildman–Crippen MR) is 111 cm³/mol. The quantitative estimate of drug-likeness (QED) is 0.551. The van der Waals surface area contributed by atoms with E-state index in [0.29, 0.717) is 5.69 Å². The van der Waals surface area contributed by atoms with Crippen LogP contribution in [0.25, 0.3) is 11.3 Å². The molecule has 7 nitrogen and oxygen atoms in total. The fourth-order valence-corrected chi connectivity index (χ4v) is 3.96. The van der Waals surface area contributed by atoms with E-state index in [1.54, 1.807) is 36.4 Å². The van der Waals surface area contributed by atoms with Crippen LogP contribution >= 0.6 is 0 Å². The molecule has 0 amide bonds. The summed E-state index contributed by atoms with van der Waals surface area (Å²) in [6, 6.07) is 12.5. The monoisotopic (exact) mass is 431 g/mol. The van der Waals surface area contributed by atoms with Crippen molar-refractivity contribution in [3.8, 4) is 22.9 Å². The molecule has 0 aliphatic heterocycles. The molecular weight excluding hydrogens is 409 g/mol. The van der Waals surface area contributed by atoms with Crippen LogP contribution in [0.3, 0.4) is 0 Å². The van der Waals surface area contributed by atoms with Gasteiger partial charge in [-0.2, -0.15) is 0 Å². The van der Waals surface area contributed by atoms with Crippen molar-refractivity contribution in [2.75, 3.05) is 20.3 Å². The number of hydrogen-bond acceptors (Lipinski definition) is 6. The van der Waals surface area contributed by atoms with E-state index in [-0.39, 0.29) is 35.5 Å². The number of aryl methyl sites for hydroxylation is 2. The Morgan fingerprint density at radius 3 is 2.33 bits per heavy atom. The van der Waals surface area contributed by atoms with Crippen molar-refractivity contribution in [3.05, 3.63) is 65.5 Å². The molecule has 0 spiro atoms. The van der Waals surface area contributed by atoms with Gasteiger partial charge in [0, 0.05) is 18.2 Å². The normalized spacial score (nSPS) is 11.3. The Hall–Kier alpha value is -3.04. The van der Waals surface area contributed by atoms with Gasteiger partial charge in [0.05, 0.1) is 12.8 Å². The van der Waals surface area contributed by atoms with Gasteiger partial charge in [0.1, 0.15) is 23.1 Å². The molecule has 30 heavy (non-hydrogen) atoms. The fraction of sp³-hybridized carbons (Fsp3) is 0.238. The molecule has 158 valence electrons. The fourth-order valence-electron chi connectivity index (χ4n) is 2.71. The first-order valence-electron chi connectivity index (χ1n) is 9.17. The highest BCUT2D eigenvalue weighted by atomic mass is 32.2. The van der Waals surface area contributed by atoms with E-state index < -0.39 is 10.0 Å². The molecule has 0 aliphatic rings. The van der Waals surface area contributed by atoms with E-state index in [0.717, 1.165) is 16.7 Å². The third-order valence-electron chi connectivity index (χ3n) is 4.49. The van der Waals surface area contributed by atoms with E-state index in [4.69, 9.17) is 9.47 Å². The number of nitrogens with one attached hydrogen (secondary N) is 1. The molecule has 3 rings (SSSR count). The van der Waals surface area contributed by atoms with Crippen molar-refractivity contribution in [2.24, 2.45) is 0 Å². The number of benzene rings is 2. The van der Waals surface area contributed by atoms with Gasteiger partial charge in [-0.05, 0) is 67.4 Å². The van der Waals surface area contributed by atoms with Crippen LogP contribution in [0, 0.1) is 19.7 Å². The highest BCUT2D eigenvalue weighted by Crippen LogP contribution is 2.27. The van der Waals surface area contributed by atoms with Gasteiger partial charge in [0.2, 0.25) is 15.9 Å². The van der Waals surface area contributed by atoms with Crippen LogP contribution in [-0.2, 0) is 10.0 Å². The van der Waals surface area contributed by atoms with Gasteiger partial charge in [-0.3, -0.25) is 0 Å². The molecule has 0 aliphatic carbocycles. The Balaban J connectivity index is 1.58. The Morgan fingerprint density at radius 1 is 1.00 bits per heavy atom. The van der Waals surface area contributed by atoms with Gasteiger partial charge in [0.25, 0.3) is 0 Å². The number of rotatable bonds is 8. The molecular formula is C21H22FN3O4S. The summed E-state index contributed by atoms with van der Waals surface area (Å²) in [5.74, 6) is 0.213. The van der Waals surface area contributed by atoms with Crippen molar-refractivity contribution in [2.45, 2.75) is 18.7 Å². The Bertz CT molecular complexity index is 1120. The maximum absolute atomic E-state index is 13.0. The lowest BCUT2D eigenvalue weighted by atomic mass is 10.1. The first-order chi connectivity index (χ1) is 14.3. The zero-order valence-corrected chi connectivity index (χ0v) is 17.7. The van der Waals surface area contributed by atoms with Crippen LogP contribution in [0.2, 0.25) is 0 Å². The second-order valence-corrected chi connectivity index (χ2v) is 8.33. The van der Waals surface area contributed by atoms with Crippen LogP contribution in [0.5, 0.6) is 11.6 Å². The summed E-state index contributed by atoms with van der Waals surface area (Å²) >= 11 is 0. The molecule has 0 atom stereocenters. The topological polar surface area (TPSA) is 90.4 Å². The molecule has 0 fully saturated rings. The van der Waals surface area contributed by atoms with E-state index in [9.17, 15) is 12.8 Å². The Labute approximate surface area is 174 Å².